The lowest BCUT2D eigenvalue weighted by atomic mass is 10.1. The van der Waals surface area contributed by atoms with Crippen LogP contribution in [0, 0.1) is 0 Å². The van der Waals surface area contributed by atoms with E-state index >= 15 is 0 Å². The van der Waals surface area contributed by atoms with Crippen LogP contribution in [0.5, 0.6) is 0 Å². The standard InChI is InChI=1S/C29H36N2O10/c1-37-29(36)24(31(39-3)26(33)19-28(35)41-21-23-14-8-5-9-15-23)16-10-11-17-30(38-2)25(32)18-27(34)40-20-22-12-6-4-7-13-22/h4-9,12-15,24H,10-11,16-21H2,1-3H3. The van der Waals surface area contributed by atoms with Gasteiger partial charge in [-0.2, -0.15) is 0 Å². The average molecular weight is 573 g/mol. The monoisotopic (exact) mass is 572 g/mol. The van der Waals surface area contributed by atoms with Gasteiger partial charge in [-0.3, -0.25) is 28.9 Å². The molecule has 12 heteroatoms. The Morgan fingerprint density at radius 3 is 1.66 bits per heavy atom. The maximum absolute atomic E-state index is 12.8. The molecule has 0 heterocycles. The number of methoxy groups -OCH3 is 1. The zero-order valence-corrected chi connectivity index (χ0v) is 23.5. The molecular weight excluding hydrogens is 536 g/mol. The zero-order valence-electron chi connectivity index (χ0n) is 23.5. The van der Waals surface area contributed by atoms with Crippen LogP contribution >= 0.6 is 0 Å². The van der Waals surface area contributed by atoms with E-state index in [1.165, 1.54) is 21.3 Å². The van der Waals surface area contributed by atoms with Crippen LogP contribution in [0.2, 0.25) is 0 Å². The van der Waals surface area contributed by atoms with E-state index in [1.54, 1.807) is 36.4 Å². The van der Waals surface area contributed by atoms with E-state index in [4.69, 9.17) is 23.9 Å². The number of benzene rings is 2. The molecule has 2 aromatic rings. The van der Waals surface area contributed by atoms with Gasteiger partial charge in [0.2, 0.25) is 0 Å². The number of rotatable bonds is 17. The number of hydroxylamine groups is 4. The number of hydrogen-bond donors (Lipinski definition) is 0. The van der Waals surface area contributed by atoms with Gasteiger partial charge in [-0.25, -0.2) is 14.9 Å². The van der Waals surface area contributed by atoms with E-state index in [9.17, 15) is 24.0 Å². The van der Waals surface area contributed by atoms with Crippen LogP contribution < -0.4 is 0 Å². The van der Waals surface area contributed by atoms with Gasteiger partial charge in [-0.15, -0.1) is 0 Å². The van der Waals surface area contributed by atoms with Crippen molar-refractivity contribution < 1.29 is 47.9 Å². The van der Waals surface area contributed by atoms with Gasteiger partial charge in [0, 0.05) is 6.54 Å². The van der Waals surface area contributed by atoms with Crippen molar-refractivity contribution in [3.8, 4) is 0 Å². The number of ether oxygens (including phenoxy) is 3. The predicted molar refractivity (Wildman–Crippen MR) is 144 cm³/mol. The molecule has 0 aliphatic carbocycles. The number of esters is 3. The predicted octanol–water partition coefficient (Wildman–Crippen LogP) is 2.75. The third-order valence-electron chi connectivity index (χ3n) is 5.86. The summed E-state index contributed by atoms with van der Waals surface area (Å²) in [6.07, 6.45) is -0.331. The quantitative estimate of drug-likeness (QED) is 0.0914. The summed E-state index contributed by atoms with van der Waals surface area (Å²) in [5.74, 6) is -3.57. The fourth-order valence-electron chi connectivity index (χ4n) is 3.77. The highest BCUT2D eigenvalue weighted by Crippen LogP contribution is 2.15. The molecular formula is C29H36N2O10. The minimum absolute atomic E-state index is 0.000165. The van der Waals surface area contributed by atoms with Crippen LogP contribution in [-0.2, 0) is 61.1 Å². The summed E-state index contributed by atoms with van der Waals surface area (Å²) in [7, 11) is 3.67. The third-order valence-corrected chi connectivity index (χ3v) is 5.86. The second-order valence-electron chi connectivity index (χ2n) is 8.76. The van der Waals surface area contributed by atoms with Crippen molar-refractivity contribution in [2.75, 3.05) is 27.9 Å². The van der Waals surface area contributed by atoms with Crippen LogP contribution in [-0.4, -0.2) is 73.8 Å². The summed E-state index contributed by atoms with van der Waals surface area (Å²) in [6, 6.07) is 16.9. The number of carbonyl (C=O) groups is 5. The average Bonchev–Trinajstić information content (AvgIpc) is 2.99. The lowest BCUT2D eigenvalue weighted by molar-refractivity contribution is -0.200. The molecule has 41 heavy (non-hydrogen) atoms. The number of amides is 2. The van der Waals surface area contributed by atoms with Gasteiger partial charge < -0.3 is 14.2 Å². The summed E-state index contributed by atoms with van der Waals surface area (Å²) in [5.41, 5.74) is 1.56. The maximum atomic E-state index is 12.8. The summed E-state index contributed by atoms with van der Waals surface area (Å²) in [6.45, 7) is 0.163. The first-order chi connectivity index (χ1) is 19.8. The molecule has 2 rings (SSSR count). The Kier molecular flexibility index (Phi) is 14.6. The van der Waals surface area contributed by atoms with Crippen molar-refractivity contribution in [3.63, 3.8) is 0 Å². The highest BCUT2D eigenvalue weighted by molar-refractivity contribution is 5.95. The van der Waals surface area contributed by atoms with Crippen molar-refractivity contribution in [1.29, 1.82) is 0 Å². The molecule has 12 nitrogen and oxygen atoms in total. The summed E-state index contributed by atoms with van der Waals surface area (Å²) >= 11 is 0. The fourth-order valence-corrected chi connectivity index (χ4v) is 3.77. The Bertz CT molecular complexity index is 1130. The van der Waals surface area contributed by atoms with Crippen LogP contribution in [0.3, 0.4) is 0 Å². The van der Waals surface area contributed by atoms with Crippen molar-refractivity contribution in [2.24, 2.45) is 0 Å². The summed E-state index contributed by atoms with van der Waals surface area (Å²) in [4.78, 5) is 72.2. The SMILES string of the molecule is COC(=O)C(CCCCN(OC)C(=O)CC(=O)OCc1ccccc1)N(OC)C(=O)CC(=O)OCc1ccccc1. The van der Waals surface area contributed by atoms with E-state index in [0.717, 1.165) is 21.3 Å². The molecule has 0 fully saturated rings. The Hall–Kier alpha value is -4.29. The van der Waals surface area contributed by atoms with Gasteiger partial charge in [0.15, 0.2) is 6.04 Å². The van der Waals surface area contributed by atoms with Crippen molar-refractivity contribution >= 4 is 29.7 Å². The maximum Gasteiger partial charge on any atom is 0.331 e. The highest BCUT2D eigenvalue weighted by atomic mass is 16.7. The Balaban J connectivity index is 1.82. The lowest BCUT2D eigenvalue weighted by Gasteiger charge is -2.27. The van der Waals surface area contributed by atoms with Gasteiger partial charge in [0.25, 0.3) is 11.8 Å². The second-order valence-corrected chi connectivity index (χ2v) is 8.76. The topological polar surface area (TPSA) is 138 Å². The molecule has 0 bridgehead atoms. The van der Waals surface area contributed by atoms with Crippen LogP contribution in [0.25, 0.3) is 0 Å². The van der Waals surface area contributed by atoms with E-state index in [-0.39, 0.29) is 26.2 Å². The van der Waals surface area contributed by atoms with E-state index in [2.05, 4.69) is 0 Å². The van der Waals surface area contributed by atoms with Crippen LogP contribution in [0.4, 0.5) is 0 Å². The van der Waals surface area contributed by atoms with E-state index < -0.39 is 48.6 Å². The Morgan fingerprint density at radius 1 is 0.683 bits per heavy atom. The number of hydrogen-bond acceptors (Lipinski definition) is 10. The molecule has 2 aromatic carbocycles. The molecule has 222 valence electrons. The first kappa shape index (κ1) is 32.9. The molecule has 0 spiro atoms. The van der Waals surface area contributed by atoms with Crippen LogP contribution in [0.15, 0.2) is 60.7 Å². The first-order valence-corrected chi connectivity index (χ1v) is 13.0. The zero-order chi connectivity index (χ0) is 30.0. The van der Waals surface area contributed by atoms with Gasteiger partial charge >= 0.3 is 17.9 Å². The van der Waals surface area contributed by atoms with Gasteiger partial charge in [0.05, 0.1) is 21.3 Å². The largest absolute Gasteiger partial charge is 0.467 e. The second kappa shape index (κ2) is 18.1. The molecule has 2 amide bonds. The van der Waals surface area contributed by atoms with Crippen molar-refractivity contribution in [2.45, 2.75) is 51.4 Å². The molecule has 0 aliphatic rings. The Morgan fingerprint density at radius 2 is 1.20 bits per heavy atom. The van der Waals surface area contributed by atoms with Gasteiger partial charge in [0.1, 0.15) is 26.1 Å². The lowest BCUT2D eigenvalue weighted by Crippen LogP contribution is -2.45. The molecule has 0 aromatic heterocycles. The first-order valence-electron chi connectivity index (χ1n) is 13.0. The van der Waals surface area contributed by atoms with Gasteiger partial charge in [-0.1, -0.05) is 60.7 Å². The van der Waals surface area contributed by atoms with Crippen LogP contribution in [0.1, 0.15) is 43.2 Å². The number of carbonyl (C=O) groups excluding carboxylic acids is 5. The Labute approximate surface area is 238 Å². The molecule has 0 saturated heterocycles. The fraction of sp³-hybridized carbons (Fsp3) is 0.414. The smallest absolute Gasteiger partial charge is 0.331 e. The third kappa shape index (κ3) is 11.8. The molecule has 0 N–H and O–H groups in total. The minimum atomic E-state index is -1.14. The normalized spacial score (nSPS) is 11.2. The van der Waals surface area contributed by atoms with E-state index in [0.29, 0.717) is 12.8 Å². The number of unbranched alkanes of at least 4 members (excludes halogenated alkanes) is 1. The number of nitrogens with zero attached hydrogens (tertiary/aromatic N) is 2. The van der Waals surface area contributed by atoms with Crippen molar-refractivity contribution in [1.82, 2.24) is 10.1 Å². The highest BCUT2D eigenvalue weighted by Gasteiger charge is 2.32. The van der Waals surface area contributed by atoms with Gasteiger partial charge in [-0.05, 0) is 30.4 Å². The molecule has 1 unspecified atom stereocenters. The summed E-state index contributed by atoms with van der Waals surface area (Å²) < 4.78 is 15.1. The molecule has 0 aliphatic heterocycles. The summed E-state index contributed by atoms with van der Waals surface area (Å²) in [5, 5.41) is 1.82. The molecule has 0 saturated carbocycles. The van der Waals surface area contributed by atoms with Crippen molar-refractivity contribution in [3.05, 3.63) is 71.8 Å². The molecule has 1 atom stereocenters. The molecule has 0 radical (unpaired) electrons. The minimum Gasteiger partial charge on any atom is -0.467 e. The van der Waals surface area contributed by atoms with E-state index in [1.807, 2.05) is 24.3 Å².